The van der Waals surface area contributed by atoms with Crippen LogP contribution in [0.2, 0.25) is 0 Å². The van der Waals surface area contributed by atoms with Crippen molar-refractivity contribution in [3.63, 3.8) is 0 Å². The summed E-state index contributed by atoms with van der Waals surface area (Å²) in [5.41, 5.74) is 1.29. The van der Waals surface area contributed by atoms with Gasteiger partial charge in [0.2, 0.25) is 5.88 Å². The SMILES string of the molecule is CCc1nn(-c2ccc(C(F)(F)F)cc2)c(OC)c1CCO. The summed E-state index contributed by atoms with van der Waals surface area (Å²) >= 11 is 0. The van der Waals surface area contributed by atoms with E-state index in [1.807, 2.05) is 6.92 Å². The zero-order valence-electron chi connectivity index (χ0n) is 12.3. The van der Waals surface area contributed by atoms with E-state index in [1.54, 1.807) is 0 Å². The second-order valence-electron chi connectivity index (χ2n) is 4.72. The van der Waals surface area contributed by atoms with Crippen LogP contribution < -0.4 is 4.74 Å². The summed E-state index contributed by atoms with van der Waals surface area (Å²) in [5, 5.41) is 13.5. The number of alkyl halides is 3. The summed E-state index contributed by atoms with van der Waals surface area (Å²) in [6, 6.07) is 4.71. The predicted molar refractivity (Wildman–Crippen MR) is 75.3 cm³/mol. The Bertz CT molecular complexity index is 633. The smallest absolute Gasteiger partial charge is 0.416 e. The first-order chi connectivity index (χ1) is 10.4. The lowest BCUT2D eigenvalue weighted by Crippen LogP contribution is -2.06. The molecule has 22 heavy (non-hydrogen) atoms. The fraction of sp³-hybridized carbons (Fsp3) is 0.400. The van der Waals surface area contributed by atoms with Crippen molar-refractivity contribution in [2.45, 2.75) is 25.9 Å². The lowest BCUT2D eigenvalue weighted by Gasteiger charge is -2.10. The molecule has 0 saturated heterocycles. The van der Waals surface area contributed by atoms with Crippen molar-refractivity contribution in [2.75, 3.05) is 13.7 Å². The van der Waals surface area contributed by atoms with Gasteiger partial charge in [-0.1, -0.05) is 6.92 Å². The van der Waals surface area contributed by atoms with Gasteiger partial charge in [-0.05, 0) is 30.7 Å². The molecule has 120 valence electrons. The molecule has 0 fully saturated rings. The van der Waals surface area contributed by atoms with E-state index in [2.05, 4.69) is 5.10 Å². The molecule has 1 aromatic carbocycles. The molecular weight excluding hydrogens is 297 g/mol. The molecule has 0 bridgehead atoms. The number of nitrogens with zero attached hydrogens (tertiary/aromatic N) is 2. The van der Waals surface area contributed by atoms with E-state index < -0.39 is 11.7 Å². The third kappa shape index (κ3) is 3.09. The van der Waals surface area contributed by atoms with E-state index in [9.17, 15) is 13.2 Å². The quantitative estimate of drug-likeness (QED) is 0.923. The lowest BCUT2D eigenvalue weighted by molar-refractivity contribution is -0.137. The highest BCUT2D eigenvalue weighted by Crippen LogP contribution is 2.31. The summed E-state index contributed by atoms with van der Waals surface area (Å²) in [6.45, 7) is 1.86. The number of benzene rings is 1. The van der Waals surface area contributed by atoms with Gasteiger partial charge in [0.05, 0.1) is 24.1 Å². The van der Waals surface area contributed by atoms with Crippen molar-refractivity contribution in [2.24, 2.45) is 0 Å². The van der Waals surface area contributed by atoms with Crippen LogP contribution in [0.4, 0.5) is 13.2 Å². The van der Waals surface area contributed by atoms with Crippen molar-refractivity contribution in [1.82, 2.24) is 9.78 Å². The Balaban J connectivity index is 2.48. The number of rotatable bonds is 5. The van der Waals surface area contributed by atoms with Gasteiger partial charge in [-0.15, -0.1) is 0 Å². The van der Waals surface area contributed by atoms with Crippen molar-refractivity contribution >= 4 is 0 Å². The molecule has 1 aromatic heterocycles. The van der Waals surface area contributed by atoms with Gasteiger partial charge in [0.15, 0.2) is 0 Å². The maximum Gasteiger partial charge on any atom is 0.416 e. The van der Waals surface area contributed by atoms with Crippen molar-refractivity contribution in [1.29, 1.82) is 0 Å². The molecule has 0 unspecified atom stereocenters. The van der Waals surface area contributed by atoms with Gasteiger partial charge in [0, 0.05) is 18.6 Å². The molecule has 0 aliphatic carbocycles. The maximum atomic E-state index is 12.6. The number of hydrogen-bond donors (Lipinski definition) is 1. The summed E-state index contributed by atoms with van der Waals surface area (Å²) in [4.78, 5) is 0. The van der Waals surface area contributed by atoms with Gasteiger partial charge in [-0.3, -0.25) is 0 Å². The van der Waals surface area contributed by atoms with Crippen LogP contribution in [0.1, 0.15) is 23.7 Å². The van der Waals surface area contributed by atoms with E-state index >= 15 is 0 Å². The lowest BCUT2D eigenvalue weighted by atomic mass is 10.1. The Hall–Kier alpha value is -2.02. The third-order valence-corrected chi connectivity index (χ3v) is 3.35. The molecule has 4 nitrogen and oxygen atoms in total. The maximum absolute atomic E-state index is 12.6. The Morgan fingerprint density at radius 3 is 2.32 bits per heavy atom. The average molecular weight is 314 g/mol. The van der Waals surface area contributed by atoms with E-state index in [0.29, 0.717) is 24.4 Å². The van der Waals surface area contributed by atoms with Crippen molar-refractivity contribution < 1.29 is 23.0 Å². The van der Waals surface area contributed by atoms with Crippen LogP contribution in [-0.2, 0) is 19.0 Å². The molecule has 0 atom stereocenters. The molecule has 0 spiro atoms. The molecule has 0 aliphatic rings. The number of aryl methyl sites for hydroxylation is 1. The van der Waals surface area contributed by atoms with Crippen LogP contribution in [-0.4, -0.2) is 28.6 Å². The molecule has 1 heterocycles. The number of aliphatic hydroxyl groups is 1. The van der Waals surface area contributed by atoms with E-state index in [-0.39, 0.29) is 6.61 Å². The van der Waals surface area contributed by atoms with Gasteiger partial charge in [0.25, 0.3) is 0 Å². The first kappa shape index (κ1) is 16.4. The standard InChI is InChI=1S/C15H17F3N2O2/c1-3-13-12(8-9-21)14(22-2)20(19-13)11-6-4-10(5-7-11)15(16,17)18/h4-7,21H,3,8-9H2,1-2H3. The summed E-state index contributed by atoms with van der Waals surface area (Å²) in [6.07, 6.45) is -3.35. The molecule has 0 radical (unpaired) electrons. The minimum absolute atomic E-state index is 0.0535. The molecule has 2 rings (SSSR count). The molecule has 7 heteroatoms. The molecule has 0 saturated carbocycles. The zero-order valence-corrected chi connectivity index (χ0v) is 12.3. The van der Waals surface area contributed by atoms with Gasteiger partial charge >= 0.3 is 6.18 Å². The summed E-state index contributed by atoms with van der Waals surface area (Å²) in [7, 11) is 1.47. The van der Waals surface area contributed by atoms with E-state index in [4.69, 9.17) is 9.84 Å². The van der Waals surface area contributed by atoms with Crippen LogP contribution in [0.15, 0.2) is 24.3 Å². The van der Waals surface area contributed by atoms with Crippen molar-refractivity contribution in [3.8, 4) is 11.6 Å². The van der Waals surface area contributed by atoms with Crippen molar-refractivity contribution in [3.05, 3.63) is 41.1 Å². The normalized spacial score (nSPS) is 11.7. The van der Waals surface area contributed by atoms with E-state index in [0.717, 1.165) is 23.4 Å². The van der Waals surface area contributed by atoms with Gasteiger partial charge < -0.3 is 9.84 Å². The Morgan fingerprint density at radius 1 is 1.23 bits per heavy atom. The third-order valence-electron chi connectivity index (χ3n) is 3.35. The Morgan fingerprint density at radius 2 is 1.86 bits per heavy atom. The number of ether oxygens (including phenoxy) is 1. The van der Waals surface area contributed by atoms with Crippen LogP contribution in [0.3, 0.4) is 0 Å². The minimum atomic E-state index is -4.37. The first-order valence-corrected chi connectivity index (χ1v) is 6.85. The Labute approximate surface area is 126 Å². The van der Waals surface area contributed by atoms with Gasteiger partial charge in [-0.25, -0.2) is 4.68 Å². The van der Waals surface area contributed by atoms with Crippen LogP contribution in [0, 0.1) is 0 Å². The molecular formula is C15H17F3N2O2. The van der Waals surface area contributed by atoms with E-state index in [1.165, 1.54) is 23.9 Å². The highest BCUT2D eigenvalue weighted by atomic mass is 19.4. The number of hydrogen-bond acceptors (Lipinski definition) is 3. The second kappa shape index (κ2) is 6.39. The van der Waals surface area contributed by atoms with Gasteiger partial charge in [-0.2, -0.15) is 18.3 Å². The number of aromatic nitrogens is 2. The zero-order chi connectivity index (χ0) is 16.3. The molecule has 0 amide bonds. The number of aliphatic hydroxyl groups excluding tert-OH is 1. The van der Waals surface area contributed by atoms with Crippen LogP contribution in [0.25, 0.3) is 5.69 Å². The molecule has 2 aromatic rings. The fourth-order valence-electron chi connectivity index (χ4n) is 2.30. The summed E-state index contributed by atoms with van der Waals surface area (Å²) in [5.74, 6) is 0.436. The first-order valence-electron chi connectivity index (χ1n) is 6.85. The highest BCUT2D eigenvalue weighted by Gasteiger charge is 2.30. The Kier molecular flexibility index (Phi) is 4.75. The molecule has 1 N–H and O–H groups in total. The predicted octanol–water partition coefficient (Wildman–Crippen LogP) is 3.00. The van der Waals surface area contributed by atoms with Crippen LogP contribution >= 0.6 is 0 Å². The number of halogens is 3. The summed E-state index contributed by atoms with van der Waals surface area (Å²) < 4.78 is 44.6. The van der Waals surface area contributed by atoms with Gasteiger partial charge in [0.1, 0.15) is 0 Å². The van der Waals surface area contributed by atoms with Crippen LogP contribution in [0.5, 0.6) is 5.88 Å². The highest BCUT2D eigenvalue weighted by molar-refractivity contribution is 5.43. The molecule has 0 aliphatic heterocycles. The largest absolute Gasteiger partial charge is 0.481 e. The minimum Gasteiger partial charge on any atom is -0.481 e. The fourth-order valence-corrected chi connectivity index (χ4v) is 2.30. The topological polar surface area (TPSA) is 47.3 Å². The monoisotopic (exact) mass is 314 g/mol. The second-order valence-corrected chi connectivity index (χ2v) is 4.72. The number of methoxy groups -OCH3 is 1. The average Bonchev–Trinajstić information content (AvgIpc) is 2.84.